The molecule has 3 rings (SSSR count). The summed E-state index contributed by atoms with van der Waals surface area (Å²) in [5.41, 5.74) is 2.21. The Hall–Kier alpha value is -2.59. The van der Waals surface area contributed by atoms with Gasteiger partial charge in [-0.3, -0.25) is 15.1 Å². The number of hydrogen-bond acceptors (Lipinski definition) is 6. The Morgan fingerprint density at radius 2 is 2.00 bits per heavy atom. The SMILES string of the molecule is CC(C)NC(NC(=O)c1cnc2scnc2c1)C(c1cccnc1)C(F)(F)F. The zero-order valence-electron chi connectivity index (χ0n) is 15.1. The van der Waals surface area contributed by atoms with Crippen molar-refractivity contribution in [3.05, 3.63) is 53.4 Å². The van der Waals surface area contributed by atoms with E-state index in [1.54, 1.807) is 19.4 Å². The average Bonchev–Trinajstić information content (AvgIpc) is 3.08. The van der Waals surface area contributed by atoms with Gasteiger partial charge in [0.1, 0.15) is 16.3 Å². The number of nitrogens with one attached hydrogen (secondary N) is 2. The Balaban J connectivity index is 1.92. The van der Waals surface area contributed by atoms with Gasteiger partial charge in [-0.15, -0.1) is 11.3 Å². The number of alkyl halides is 3. The van der Waals surface area contributed by atoms with Gasteiger partial charge in [0.15, 0.2) is 0 Å². The fourth-order valence-electron chi connectivity index (χ4n) is 2.82. The van der Waals surface area contributed by atoms with Gasteiger partial charge in [0.2, 0.25) is 0 Å². The van der Waals surface area contributed by atoms with E-state index < -0.39 is 24.2 Å². The molecular weight excluding hydrogens is 391 g/mol. The molecule has 3 aromatic rings. The highest BCUT2D eigenvalue weighted by Crippen LogP contribution is 2.36. The maximum atomic E-state index is 13.9. The number of thiazole rings is 1. The first-order chi connectivity index (χ1) is 13.3. The summed E-state index contributed by atoms with van der Waals surface area (Å²) >= 11 is 1.31. The van der Waals surface area contributed by atoms with E-state index in [-0.39, 0.29) is 17.2 Å². The molecule has 3 aromatic heterocycles. The molecule has 10 heteroatoms. The maximum absolute atomic E-state index is 13.9. The van der Waals surface area contributed by atoms with E-state index in [0.717, 1.165) is 6.20 Å². The molecule has 1 amide bonds. The number of pyridine rings is 2. The van der Waals surface area contributed by atoms with E-state index in [0.29, 0.717) is 10.3 Å². The van der Waals surface area contributed by atoms with E-state index in [1.807, 2.05) is 0 Å². The first kappa shape index (κ1) is 20.2. The Bertz CT molecular complexity index is 945. The van der Waals surface area contributed by atoms with E-state index in [2.05, 4.69) is 25.6 Å². The van der Waals surface area contributed by atoms with Crippen molar-refractivity contribution in [3.8, 4) is 0 Å². The molecule has 0 bridgehead atoms. The van der Waals surface area contributed by atoms with E-state index in [1.165, 1.54) is 41.9 Å². The Labute approximate surface area is 163 Å². The minimum atomic E-state index is -4.60. The number of rotatable bonds is 6. The van der Waals surface area contributed by atoms with Crippen LogP contribution in [0.15, 0.2) is 42.3 Å². The minimum absolute atomic E-state index is 0.0403. The summed E-state index contributed by atoms with van der Waals surface area (Å²) in [5.74, 6) is -2.64. The molecule has 0 saturated heterocycles. The molecular formula is C18H18F3N5OS. The van der Waals surface area contributed by atoms with Gasteiger partial charge in [-0.2, -0.15) is 13.2 Å². The number of halogens is 3. The van der Waals surface area contributed by atoms with Crippen LogP contribution in [0.3, 0.4) is 0 Å². The quantitative estimate of drug-likeness (QED) is 0.610. The summed E-state index contributed by atoms with van der Waals surface area (Å²) in [6.45, 7) is 3.41. The normalized spacial score (nSPS) is 14.2. The zero-order valence-corrected chi connectivity index (χ0v) is 15.9. The maximum Gasteiger partial charge on any atom is 0.399 e. The van der Waals surface area contributed by atoms with Crippen molar-refractivity contribution in [2.24, 2.45) is 0 Å². The van der Waals surface area contributed by atoms with Crippen LogP contribution >= 0.6 is 11.3 Å². The molecule has 0 aliphatic rings. The Morgan fingerprint density at radius 3 is 2.64 bits per heavy atom. The van der Waals surface area contributed by atoms with Crippen LogP contribution in [0.5, 0.6) is 0 Å². The van der Waals surface area contributed by atoms with Gasteiger partial charge < -0.3 is 5.32 Å². The summed E-state index contributed by atoms with van der Waals surface area (Å²) in [5, 5.41) is 5.27. The standard InChI is InChI=1S/C18H18F3N5OS/c1-10(2)25-15(14(18(19,20)21)11-4-3-5-22-7-11)26-16(27)12-6-13-17(23-8-12)28-9-24-13/h3-10,14-15,25H,1-2H3,(H,26,27). The van der Waals surface area contributed by atoms with Crippen molar-refractivity contribution < 1.29 is 18.0 Å². The molecule has 2 atom stereocenters. The van der Waals surface area contributed by atoms with Gasteiger partial charge >= 0.3 is 6.18 Å². The lowest BCUT2D eigenvalue weighted by molar-refractivity contribution is -0.158. The van der Waals surface area contributed by atoms with Crippen LogP contribution < -0.4 is 10.6 Å². The molecule has 2 N–H and O–H groups in total. The monoisotopic (exact) mass is 409 g/mol. The smallest absolute Gasteiger partial charge is 0.336 e. The molecule has 0 spiro atoms. The predicted molar refractivity (Wildman–Crippen MR) is 100.0 cm³/mol. The minimum Gasteiger partial charge on any atom is -0.336 e. The third-order valence-electron chi connectivity index (χ3n) is 3.98. The highest BCUT2D eigenvalue weighted by atomic mass is 32.1. The zero-order chi connectivity index (χ0) is 20.3. The summed E-state index contributed by atoms with van der Waals surface area (Å²) in [7, 11) is 0. The summed E-state index contributed by atoms with van der Waals surface area (Å²) in [6, 6.07) is 3.98. The van der Waals surface area contributed by atoms with Crippen LogP contribution in [0.4, 0.5) is 13.2 Å². The number of hydrogen-bond donors (Lipinski definition) is 2. The molecule has 0 aliphatic heterocycles. The molecule has 28 heavy (non-hydrogen) atoms. The lowest BCUT2D eigenvalue weighted by atomic mass is 9.95. The predicted octanol–water partition coefficient (Wildman–Crippen LogP) is 3.49. The molecule has 0 fully saturated rings. The third kappa shape index (κ3) is 4.63. The van der Waals surface area contributed by atoms with Gasteiger partial charge in [-0.05, 0) is 31.5 Å². The number of carbonyl (C=O) groups is 1. The molecule has 2 unspecified atom stereocenters. The Morgan fingerprint density at radius 1 is 1.21 bits per heavy atom. The molecule has 148 valence electrons. The van der Waals surface area contributed by atoms with Crippen molar-refractivity contribution in [1.29, 1.82) is 0 Å². The van der Waals surface area contributed by atoms with Crippen LogP contribution in [0, 0.1) is 0 Å². The molecule has 6 nitrogen and oxygen atoms in total. The van der Waals surface area contributed by atoms with E-state index in [4.69, 9.17) is 0 Å². The largest absolute Gasteiger partial charge is 0.399 e. The topological polar surface area (TPSA) is 79.8 Å². The highest BCUT2D eigenvalue weighted by molar-refractivity contribution is 7.16. The van der Waals surface area contributed by atoms with Crippen LogP contribution in [-0.4, -0.2) is 39.2 Å². The second-order valence-corrected chi connectivity index (χ2v) is 7.31. The second-order valence-electron chi connectivity index (χ2n) is 6.48. The van der Waals surface area contributed by atoms with Gasteiger partial charge in [0.25, 0.3) is 5.91 Å². The van der Waals surface area contributed by atoms with Crippen LogP contribution in [0.2, 0.25) is 0 Å². The molecule has 0 aliphatic carbocycles. The van der Waals surface area contributed by atoms with Crippen LogP contribution in [-0.2, 0) is 0 Å². The molecule has 0 radical (unpaired) electrons. The number of carbonyl (C=O) groups excluding carboxylic acids is 1. The molecule has 3 heterocycles. The van der Waals surface area contributed by atoms with Crippen molar-refractivity contribution in [2.45, 2.75) is 38.1 Å². The third-order valence-corrected chi connectivity index (χ3v) is 4.73. The lowest BCUT2D eigenvalue weighted by Gasteiger charge is -2.32. The summed E-state index contributed by atoms with van der Waals surface area (Å²) in [4.78, 5) is 25.3. The highest BCUT2D eigenvalue weighted by Gasteiger charge is 2.46. The van der Waals surface area contributed by atoms with Crippen LogP contribution in [0.25, 0.3) is 10.3 Å². The van der Waals surface area contributed by atoms with E-state index >= 15 is 0 Å². The number of aromatic nitrogens is 3. The van der Waals surface area contributed by atoms with Gasteiger partial charge in [-0.1, -0.05) is 6.07 Å². The first-order valence-electron chi connectivity index (χ1n) is 8.48. The summed E-state index contributed by atoms with van der Waals surface area (Å²) < 4.78 is 41.7. The Kier molecular flexibility index (Phi) is 5.90. The molecule has 0 aromatic carbocycles. The van der Waals surface area contributed by atoms with E-state index in [9.17, 15) is 18.0 Å². The van der Waals surface area contributed by atoms with Gasteiger partial charge in [-0.25, -0.2) is 9.97 Å². The van der Waals surface area contributed by atoms with Gasteiger partial charge in [0, 0.05) is 24.6 Å². The number of fused-ring (bicyclic) bond motifs is 1. The molecule has 0 saturated carbocycles. The number of amides is 1. The fourth-order valence-corrected chi connectivity index (χ4v) is 3.43. The number of nitrogens with zero attached hydrogens (tertiary/aromatic N) is 3. The van der Waals surface area contributed by atoms with Crippen molar-refractivity contribution in [1.82, 2.24) is 25.6 Å². The average molecular weight is 409 g/mol. The first-order valence-corrected chi connectivity index (χ1v) is 9.36. The van der Waals surface area contributed by atoms with Crippen molar-refractivity contribution >= 4 is 27.6 Å². The van der Waals surface area contributed by atoms with Gasteiger partial charge in [0.05, 0.1) is 17.2 Å². The summed E-state index contributed by atoms with van der Waals surface area (Å²) in [6.07, 6.45) is -2.10. The van der Waals surface area contributed by atoms with Crippen molar-refractivity contribution in [3.63, 3.8) is 0 Å². The van der Waals surface area contributed by atoms with Crippen LogP contribution in [0.1, 0.15) is 35.7 Å². The fraction of sp³-hybridized carbons (Fsp3) is 0.333. The van der Waals surface area contributed by atoms with Crippen molar-refractivity contribution in [2.75, 3.05) is 0 Å². The second kappa shape index (κ2) is 8.19. The lowest BCUT2D eigenvalue weighted by Crippen LogP contribution is -2.55.